The second-order valence-corrected chi connectivity index (χ2v) is 3.86. The zero-order valence-corrected chi connectivity index (χ0v) is 10.2. The quantitative estimate of drug-likeness (QED) is 0.725. The molecule has 6 heteroatoms. The molecule has 0 aliphatic carbocycles. The van der Waals surface area contributed by atoms with E-state index in [1.807, 2.05) is 0 Å². The molecule has 1 unspecified atom stereocenters. The lowest BCUT2D eigenvalue weighted by atomic mass is 10.2. The van der Waals surface area contributed by atoms with Gasteiger partial charge in [0.15, 0.2) is 0 Å². The molecular weight excluding hydrogens is 251 g/mol. The number of carboxylic acids is 1. The predicted molar refractivity (Wildman–Crippen MR) is 68.2 cm³/mol. The van der Waals surface area contributed by atoms with Gasteiger partial charge in [0.1, 0.15) is 11.9 Å². The number of aliphatic carboxylic acids is 1. The highest BCUT2D eigenvalue weighted by Gasteiger charge is 2.18. The molecule has 19 heavy (non-hydrogen) atoms. The van der Waals surface area contributed by atoms with E-state index in [0.29, 0.717) is 11.3 Å². The number of amides is 2. The van der Waals surface area contributed by atoms with Gasteiger partial charge in [-0.1, -0.05) is 0 Å². The Hall–Kier alpha value is -2.55. The number of carboxylic acid groups (broad SMARTS) is 1. The van der Waals surface area contributed by atoms with Gasteiger partial charge in [-0.2, -0.15) is 0 Å². The number of carbonyl (C=O) groups is 2. The first kappa shape index (κ1) is 14.5. The molecule has 3 N–H and O–H groups in total. The molecule has 1 aromatic rings. The lowest BCUT2D eigenvalue weighted by Gasteiger charge is -2.14. The number of terminal acetylenes is 1. The van der Waals surface area contributed by atoms with Gasteiger partial charge in [-0.05, 0) is 30.7 Å². The molecule has 0 aromatic heterocycles. The Kier molecular flexibility index (Phi) is 4.89. The molecule has 0 radical (unpaired) electrons. The highest BCUT2D eigenvalue weighted by atomic mass is 19.1. The Morgan fingerprint density at radius 3 is 2.74 bits per heavy atom. The van der Waals surface area contributed by atoms with Crippen LogP contribution in [-0.4, -0.2) is 23.1 Å². The average Bonchev–Trinajstić information content (AvgIpc) is 2.32. The minimum absolute atomic E-state index is 0.120. The van der Waals surface area contributed by atoms with Crippen LogP contribution in [0.15, 0.2) is 18.2 Å². The van der Waals surface area contributed by atoms with Crippen LogP contribution < -0.4 is 10.6 Å². The summed E-state index contributed by atoms with van der Waals surface area (Å²) < 4.78 is 12.9. The second kappa shape index (κ2) is 6.40. The Morgan fingerprint density at radius 2 is 2.21 bits per heavy atom. The summed E-state index contributed by atoms with van der Waals surface area (Å²) in [5, 5.41) is 13.5. The molecule has 1 aromatic carbocycles. The fourth-order valence-electron chi connectivity index (χ4n) is 1.40. The number of aryl methyl sites for hydroxylation is 1. The molecule has 2 amide bonds. The van der Waals surface area contributed by atoms with Crippen LogP contribution >= 0.6 is 0 Å². The summed E-state index contributed by atoms with van der Waals surface area (Å²) in [5.41, 5.74) is 0.919. The number of hydrogen-bond acceptors (Lipinski definition) is 2. The monoisotopic (exact) mass is 264 g/mol. The molecule has 1 rings (SSSR count). The molecule has 0 aliphatic heterocycles. The summed E-state index contributed by atoms with van der Waals surface area (Å²) >= 11 is 0. The fourth-order valence-corrected chi connectivity index (χ4v) is 1.40. The van der Waals surface area contributed by atoms with Crippen molar-refractivity contribution in [3.8, 4) is 12.3 Å². The van der Waals surface area contributed by atoms with Gasteiger partial charge in [0, 0.05) is 12.1 Å². The molecule has 5 nitrogen and oxygen atoms in total. The van der Waals surface area contributed by atoms with E-state index in [0.717, 1.165) is 0 Å². The first-order valence-corrected chi connectivity index (χ1v) is 5.44. The van der Waals surface area contributed by atoms with Crippen molar-refractivity contribution < 1.29 is 19.1 Å². The van der Waals surface area contributed by atoms with Crippen LogP contribution in [0.1, 0.15) is 12.0 Å². The number of rotatable bonds is 4. The summed E-state index contributed by atoms with van der Waals surface area (Å²) in [6.07, 6.45) is 4.89. The third-order valence-electron chi connectivity index (χ3n) is 2.36. The van der Waals surface area contributed by atoms with Crippen LogP contribution in [0.3, 0.4) is 0 Å². The zero-order valence-electron chi connectivity index (χ0n) is 10.2. The molecule has 1 atom stereocenters. The molecular formula is C13H13FN2O3. The summed E-state index contributed by atoms with van der Waals surface area (Å²) in [6, 6.07) is 1.97. The van der Waals surface area contributed by atoms with Gasteiger partial charge in [-0.15, -0.1) is 12.3 Å². The van der Waals surface area contributed by atoms with Gasteiger partial charge in [-0.25, -0.2) is 14.0 Å². The van der Waals surface area contributed by atoms with E-state index < -0.39 is 23.9 Å². The molecule has 0 bridgehead atoms. The molecule has 0 heterocycles. The van der Waals surface area contributed by atoms with E-state index in [2.05, 4.69) is 16.6 Å². The molecule has 0 spiro atoms. The van der Waals surface area contributed by atoms with Crippen LogP contribution in [0.5, 0.6) is 0 Å². The maximum atomic E-state index is 12.9. The Bertz CT molecular complexity index is 537. The molecule has 0 aliphatic rings. The van der Waals surface area contributed by atoms with Crippen molar-refractivity contribution in [1.82, 2.24) is 5.32 Å². The number of halogens is 1. The lowest BCUT2D eigenvalue weighted by Crippen LogP contribution is -2.42. The van der Waals surface area contributed by atoms with Crippen LogP contribution in [0, 0.1) is 25.1 Å². The van der Waals surface area contributed by atoms with E-state index in [4.69, 9.17) is 11.5 Å². The lowest BCUT2D eigenvalue weighted by molar-refractivity contribution is -0.139. The largest absolute Gasteiger partial charge is 0.480 e. The number of hydrogen-bond donors (Lipinski definition) is 3. The van der Waals surface area contributed by atoms with E-state index in [1.165, 1.54) is 18.2 Å². The number of urea groups is 1. The molecule has 0 saturated carbocycles. The van der Waals surface area contributed by atoms with Crippen molar-refractivity contribution in [3.63, 3.8) is 0 Å². The number of nitrogens with one attached hydrogen (secondary N) is 2. The van der Waals surface area contributed by atoms with Crippen molar-refractivity contribution in [2.45, 2.75) is 19.4 Å². The highest BCUT2D eigenvalue weighted by molar-refractivity contribution is 5.92. The van der Waals surface area contributed by atoms with Gasteiger partial charge in [0.2, 0.25) is 0 Å². The third kappa shape index (κ3) is 4.32. The van der Waals surface area contributed by atoms with Crippen LogP contribution in [0.2, 0.25) is 0 Å². The van der Waals surface area contributed by atoms with Crippen molar-refractivity contribution in [2.24, 2.45) is 0 Å². The van der Waals surface area contributed by atoms with Crippen molar-refractivity contribution in [1.29, 1.82) is 0 Å². The maximum Gasteiger partial charge on any atom is 0.327 e. The first-order chi connectivity index (χ1) is 8.93. The number of benzene rings is 1. The predicted octanol–water partition coefficient (Wildman–Crippen LogP) is 1.73. The molecule has 100 valence electrons. The van der Waals surface area contributed by atoms with Gasteiger partial charge in [0.25, 0.3) is 0 Å². The van der Waals surface area contributed by atoms with Crippen molar-refractivity contribution in [3.05, 3.63) is 29.6 Å². The Labute approximate surface area is 109 Å². The highest BCUT2D eigenvalue weighted by Crippen LogP contribution is 2.15. The van der Waals surface area contributed by atoms with Crippen molar-refractivity contribution in [2.75, 3.05) is 5.32 Å². The van der Waals surface area contributed by atoms with E-state index >= 15 is 0 Å². The van der Waals surface area contributed by atoms with Crippen LogP contribution in [0.25, 0.3) is 0 Å². The van der Waals surface area contributed by atoms with E-state index in [1.54, 1.807) is 6.92 Å². The minimum Gasteiger partial charge on any atom is -0.480 e. The summed E-state index contributed by atoms with van der Waals surface area (Å²) in [6.45, 7) is 1.62. The van der Waals surface area contributed by atoms with Gasteiger partial charge in [0.05, 0.1) is 0 Å². The SMILES string of the molecule is C#CCC(NC(=O)Nc1ccc(F)cc1C)C(=O)O. The fraction of sp³-hybridized carbons (Fsp3) is 0.231. The minimum atomic E-state index is -1.22. The molecule has 0 saturated heterocycles. The van der Waals surface area contributed by atoms with Crippen LogP contribution in [0.4, 0.5) is 14.9 Å². The summed E-state index contributed by atoms with van der Waals surface area (Å²) in [5.74, 6) is 0.528. The van der Waals surface area contributed by atoms with E-state index in [-0.39, 0.29) is 6.42 Å². The molecule has 0 fully saturated rings. The van der Waals surface area contributed by atoms with Crippen LogP contribution in [-0.2, 0) is 4.79 Å². The standard InChI is InChI=1S/C13H13FN2O3/c1-3-4-11(12(17)18)16-13(19)15-10-6-5-9(14)7-8(10)2/h1,5-7,11H,4H2,2H3,(H,17,18)(H2,15,16,19). The summed E-state index contributed by atoms with van der Waals surface area (Å²) in [7, 11) is 0. The van der Waals surface area contributed by atoms with Gasteiger partial charge < -0.3 is 15.7 Å². The van der Waals surface area contributed by atoms with Crippen molar-refractivity contribution >= 4 is 17.7 Å². The van der Waals surface area contributed by atoms with Gasteiger partial charge >= 0.3 is 12.0 Å². The first-order valence-electron chi connectivity index (χ1n) is 5.44. The summed E-state index contributed by atoms with van der Waals surface area (Å²) in [4.78, 5) is 22.4. The Morgan fingerprint density at radius 1 is 1.53 bits per heavy atom. The average molecular weight is 264 g/mol. The smallest absolute Gasteiger partial charge is 0.327 e. The zero-order chi connectivity index (χ0) is 14.4. The maximum absolute atomic E-state index is 12.9. The second-order valence-electron chi connectivity index (χ2n) is 3.86. The number of anilines is 1. The van der Waals surface area contributed by atoms with E-state index in [9.17, 15) is 14.0 Å². The normalized spacial score (nSPS) is 11.2. The Balaban J connectivity index is 2.69. The van der Waals surface area contributed by atoms with Gasteiger partial charge in [-0.3, -0.25) is 0 Å². The third-order valence-corrected chi connectivity index (χ3v) is 2.36. The number of carbonyl (C=O) groups excluding carboxylic acids is 1. The topological polar surface area (TPSA) is 78.4 Å².